The Kier molecular flexibility index (Phi) is 4.62. The molecule has 2 bridgehead atoms. The molecule has 0 aromatic heterocycles. The molecule has 2 aliphatic rings. The molecule has 0 aromatic rings. The highest BCUT2D eigenvalue weighted by atomic mass is 32.2. The number of rotatable bonds is 2. The van der Waals surface area contributed by atoms with Gasteiger partial charge in [0.1, 0.15) is 5.60 Å². The molecule has 2 rings (SSSR count). The third-order valence-electron chi connectivity index (χ3n) is 3.84. The Morgan fingerprint density at radius 3 is 1.96 bits per heavy atom. The minimum Gasteiger partial charge on any atom is -0.444 e. The number of ether oxygens (including phenoxy) is 1. The molecule has 0 spiro atoms. The molecule has 2 unspecified atom stereocenters. The Bertz CT molecular complexity index is 555. The fourth-order valence-corrected chi connectivity index (χ4v) is 3.68. The Morgan fingerprint density at radius 2 is 1.57 bits per heavy atom. The summed E-state index contributed by atoms with van der Waals surface area (Å²) >= 11 is 0. The van der Waals surface area contributed by atoms with E-state index in [1.807, 2.05) is 0 Å². The van der Waals surface area contributed by atoms with Crippen molar-refractivity contribution < 1.29 is 35.3 Å². The molecule has 1 amide bonds. The summed E-state index contributed by atoms with van der Waals surface area (Å²) in [6.45, 7) is 5.16. The van der Waals surface area contributed by atoms with Crippen molar-refractivity contribution in [3.8, 4) is 0 Å². The number of fused-ring (bicyclic) bond motifs is 2. The molecule has 23 heavy (non-hydrogen) atoms. The monoisotopic (exact) mass is 359 g/mol. The SMILES string of the molecule is CC(C)(C)OC(=O)N1C2CCC1CC(OS(=O)(=O)C(F)(F)F)C2. The van der Waals surface area contributed by atoms with E-state index in [0.29, 0.717) is 12.8 Å². The normalized spacial score (nSPS) is 28.8. The van der Waals surface area contributed by atoms with Crippen LogP contribution in [0.5, 0.6) is 0 Å². The Balaban J connectivity index is 2.04. The van der Waals surface area contributed by atoms with Crippen LogP contribution in [0.25, 0.3) is 0 Å². The van der Waals surface area contributed by atoms with Crippen molar-refractivity contribution in [1.29, 1.82) is 0 Å². The Hall–Kier alpha value is -1.03. The van der Waals surface area contributed by atoms with Crippen molar-refractivity contribution in [2.24, 2.45) is 0 Å². The number of carbonyl (C=O) groups excluding carboxylic acids is 1. The van der Waals surface area contributed by atoms with Crippen LogP contribution in [0.15, 0.2) is 0 Å². The molecule has 6 nitrogen and oxygen atoms in total. The van der Waals surface area contributed by atoms with Crippen LogP contribution in [-0.2, 0) is 19.0 Å². The zero-order chi connectivity index (χ0) is 17.6. The molecular formula is C13H20F3NO5S. The van der Waals surface area contributed by atoms with Gasteiger partial charge in [-0.3, -0.25) is 4.18 Å². The van der Waals surface area contributed by atoms with E-state index in [4.69, 9.17) is 4.74 Å². The number of hydrogen-bond donors (Lipinski definition) is 0. The van der Waals surface area contributed by atoms with Gasteiger partial charge in [0.2, 0.25) is 0 Å². The number of carbonyl (C=O) groups is 1. The van der Waals surface area contributed by atoms with Crippen LogP contribution in [-0.4, -0.2) is 48.7 Å². The molecule has 2 aliphatic heterocycles. The van der Waals surface area contributed by atoms with E-state index in [-0.39, 0.29) is 24.9 Å². The maximum Gasteiger partial charge on any atom is 0.523 e. The van der Waals surface area contributed by atoms with Crippen LogP contribution in [0.2, 0.25) is 0 Å². The molecular weight excluding hydrogens is 339 g/mol. The summed E-state index contributed by atoms with van der Waals surface area (Å²) in [6, 6.07) is -0.728. The maximum absolute atomic E-state index is 12.4. The van der Waals surface area contributed by atoms with Gasteiger partial charge in [-0.1, -0.05) is 0 Å². The standard InChI is InChI=1S/C13H20F3NO5S/c1-12(2,3)21-11(18)17-8-4-5-9(17)7-10(6-8)22-23(19,20)13(14,15)16/h8-10H,4-7H2,1-3H3. The molecule has 2 fully saturated rings. The van der Waals surface area contributed by atoms with Crippen molar-refractivity contribution in [2.45, 2.75) is 75.8 Å². The molecule has 2 heterocycles. The lowest BCUT2D eigenvalue weighted by Gasteiger charge is -2.38. The Morgan fingerprint density at radius 1 is 1.09 bits per heavy atom. The van der Waals surface area contributed by atoms with Crippen LogP contribution in [0.4, 0.5) is 18.0 Å². The summed E-state index contributed by atoms with van der Waals surface area (Å²) in [4.78, 5) is 13.7. The summed E-state index contributed by atoms with van der Waals surface area (Å²) in [7, 11) is -5.62. The van der Waals surface area contributed by atoms with Crippen molar-refractivity contribution in [3.63, 3.8) is 0 Å². The largest absolute Gasteiger partial charge is 0.523 e. The van der Waals surface area contributed by atoms with Crippen molar-refractivity contribution in [2.75, 3.05) is 0 Å². The Labute approximate surface area is 133 Å². The molecule has 2 saturated heterocycles. The smallest absolute Gasteiger partial charge is 0.444 e. The summed E-state index contributed by atoms with van der Waals surface area (Å²) in [5.74, 6) is 0. The fourth-order valence-electron chi connectivity index (χ4n) is 3.05. The topological polar surface area (TPSA) is 72.9 Å². The highest BCUT2D eigenvalue weighted by Crippen LogP contribution is 2.39. The van der Waals surface area contributed by atoms with Crippen LogP contribution in [0, 0.1) is 0 Å². The quantitative estimate of drug-likeness (QED) is 0.560. The lowest BCUT2D eigenvalue weighted by atomic mass is 10.0. The predicted octanol–water partition coefficient (Wildman–Crippen LogP) is 2.78. The van der Waals surface area contributed by atoms with Gasteiger partial charge in [0.05, 0.1) is 6.10 Å². The predicted molar refractivity (Wildman–Crippen MR) is 74.0 cm³/mol. The number of alkyl halides is 3. The molecule has 0 radical (unpaired) electrons. The van der Waals surface area contributed by atoms with E-state index in [1.54, 1.807) is 20.8 Å². The minimum atomic E-state index is -5.62. The number of halogens is 3. The summed E-state index contributed by atoms with van der Waals surface area (Å²) < 4.78 is 69.0. The molecule has 0 aliphatic carbocycles. The van der Waals surface area contributed by atoms with Gasteiger partial charge in [-0.15, -0.1) is 0 Å². The first-order valence-electron chi connectivity index (χ1n) is 7.31. The van der Waals surface area contributed by atoms with Crippen LogP contribution in [0.3, 0.4) is 0 Å². The first-order chi connectivity index (χ1) is 10.3. The second kappa shape index (κ2) is 5.80. The third-order valence-corrected chi connectivity index (χ3v) is 4.93. The van der Waals surface area contributed by atoms with Gasteiger partial charge in [0.15, 0.2) is 0 Å². The average Bonchev–Trinajstić information content (AvgIpc) is 2.57. The van der Waals surface area contributed by atoms with Gasteiger partial charge >= 0.3 is 21.7 Å². The molecule has 2 atom stereocenters. The van der Waals surface area contributed by atoms with Gasteiger partial charge in [0.25, 0.3) is 0 Å². The molecule has 0 N–H and O–H groups in total. The van der Waals surface area contributed by atoms with Crippen molar-refractivity contribution in [3.05, 3.63) is 0 Å². The maximum atomic E-state index is 12.4. The molecule has 0 saturated carbocycles. The lowest BCUT2D eigenvalue weighted by molar-refractivity contribution is -0.0620. The van der Waals surface area contributed by atoms with Crippen LogP contribution < -0.4 is 0 Å². The van der Waals surface area contributed by atoms with Gasteiger partial charge in [0, 0.05) is 12.1 Å². The second-order valence-electron chi connectivity index (χ2n) is 6.86. The minimum absolute atomic E-state index is 0.0467. The highest BCUT2D eigenvalue weighted by Gasteiger charge is 2.52. The van der Waals surface area contributed by atoms with Gasteiger partial charge in [-0.2, -0.15) is 21.6 Å². The third kappa shape index (κ3) is 4.09. The van der Waals surface area contributed by atoms with E-state index >= 15 is 0 Å². The van der Waals surface area contributed by atoms with Gasteiger partial charge in [-0.25, -0.2) is 4.79 Å². The average molecular weight is 359 g/mol. The summed E-state index contributed by atoms with van der Waals surface area (Å²) in [6.07, 6.45) is -0.318. The molecule has 0 aromatic carbocycles. The van der Waals surface area contributed by atoms with E-state index in [0.717, 1.165) is 0 Å². The number of hydrogen-bond acceptors (Lipinski definition) is 5. The first-order valence-corrected chi connectivity index (χ1v) is 8.72. The van der Waals surface area contributed by atoms with Gasteiger partial charge < -0.3 is 9.64 Å². The fraction of sp³-hybridized carbons (Fsp3) is 0.923. The number of piperidine rings is 1. The highest BCUT2D eigenvalue weighted by molar-refractivity contribution is 7.87. The molecule has 134 valence electrons. The van der Waals surface area contributed by atoms with Crippen molar-refractivity contribution in [1.82, 2.24) is 4.90 Å². The first kappa shape index (κ1) is 18.3. The second-order valence-corrected chi connectivity index (χ2v) is 8.43. The van der Waals surface area contributed by atoms with E-state index < -0.39 is 33.4 Å². The van der Waals surface area contributed by atoms with E-state index in [9.17, 15) is 26.4 Å². The zero-order valence-corrected chi connectivity index (χ0v) is 13.9. The van der Waals surface area contributed by atoms with E-state index in [2.05, 4.69) is 4.18 Å². The number of nitrogens with zero attached hydrogens (tertiary/aromatic N) is 1. The summed E-state index contributed by atoms with van der Waals surface area (Å²) in [5, 5.41) is 0. The lowest BCUT2D eigenvalue weighted by Crippen LogP contribution is -2.50. The number of amides is 1. The van der Waals surface area contributed by atoms with Crippen LogP contribution in [0.1, 0.15) is 46.5 Å². The summed E-state index contributed by atoms with van der Waals surface area (Å²) in [5.41, 5.74) is -6.11. The van der Waals surface area contributed by atoms with Gasteiger partial charge in [-0.05, 0) is 46.5 Å². The van der Waals surface area contributed by atoms with Crippen LogP contribution >= 0.6 is 0 Å². The molecule has 10 heteroatoms. The van der Waals surface area contributed by atoms with E-state index in [1.165, 1.54) is 4.90 Å². The van der Waals surface area contributed by atoms with Crippen molar-refractivity contribution >= 4 is 16.2 Å². The zero-order valence-electron chi connectivity index (χ0n) is 13.1.